The summed E-state index contributed by atoms with van der Waals surface area (Å²) < 4.78 is 4.91. The molecule has 0 atom stereocenters. The van der Waals surface area contributed by atoms with Crippen molar-refractivity contribution in [1.29, 1.82) is 0 Å². The number of rotatable bonds is 4. The van der Waals surface area contributed by atoms with Crippen molar-refractivity contribution in [3.63, 3.8) is 0 Å². The first-order chi connectivity index (χ1) is 7.75. The van der Waals surface area contributed by atoms with Gasteiger partial charge in [-0.3, -0.25) is 0 Å². The summed E-state index contributed by atoms with van der Waals surface area (Å²) in [4.78, 5) is 4.05. The standard InChI is InChI=1S/C13H16N2O/c1-10-3-4-12(11(2)5-10)6-14-7-13-8-16-9-15-13/h3-5,8-9,14H,6-7H2,1-2H3. The Labute approximate surface area is 95.5 Å². The van der Waals surface area contributed by atoms with Gasteiger partial charge in [-0.2, -0.15) is 0 Å². The van der Waals surface area contributed by atoms with Crippen LogP contribution in [0.3, 0.4) is 0 Å². The quantitative estimate of drug-likeness (QED) is 0.853. The minimum Gasteiger partial charge on any atom is -0.451 e. The fraction of sp³-hybridized carbons (Fsp3) is 0.308. The average molecular weight is 216 g/mol. The Hall–Kier alpha value is -1.61. The summed E-state index contributed by atoms with van der Waals surface area (Å²) >= 11 is 0. The monoisotopic (exact) mass is 216 g/mol. The van der Waals surface area contributed by atoms with E-state index in [1.165, 1.54) is 23.1 Å². The van der Waals surface area contributed by atoms with Gasteiger partial charge >= 0.3 is 0 Å². The molecule has 3 nitrogen and oxygen atoms in total. The second kappa shape index (κ2) is 4.94. The number of aromatic nitrogens is 1. The van der Waals surface area contributed by atoms with E-state index < -0.39 is 0 Å². The molecule has 0 saturated carbocycles. The van der Waals surface area contributed by atoms with Gasteiger partial charge in [0.15, 0.2) is 6.39 Å². The van der Waals surface area contributed by atoms with Crippen LogP contribution >= 0.6 is 0 Å². The van der Waals surface area contributed by atoms with Crippen molar-refractivity contribution in [2.24, 2.45) is 0 Å². The molecule has 1 aromatic heterocycles. The zero-order valence-electron chi connectivity index (χ0n) is 9.66. The highest BCUT2D eigenvalue weighted by Gasteiger charge is 1.99. The average Bonchev–Trinajstić information content (AvgIpc) is 2.74. The Morgan fingerprint density at radius 3 is 2.81 bits per heavy atom. The molecule has 0 unspecified atom stereocenters. The lowest BCUT2D eigenvalue weighted by atomic mass is 10.1. The molecule has 0 fully saturated rings. The second-order valence-corrected chi connectivity index (χ2v) is 4.01. The van der Waals surface area contributed by atoms with Crippen molar-refractivity contribution < 1.29 is 4.42 Å². The largest absolute Gasteiger partial charge is 0.451 e. The molecule has 0 aliphatic rings. The molecular formula is C13H16N2O. The third kappa shape index (κ3) is 2.70. The highest BCUT2D eigenvalue weighted by molar-refractivity contribution is 5.30. The third-order valence-electron chi connectivity index (χ3n) is 2.60. The highest BCUT2D eigenvalue weighted by atomic mass is 16.3. The van der Waals surface area contributed by atoms with Gasteiger partial charge in [-0.1, -0.05) is 23.8 Å². The summed E-state index contributed by atoms with van der Waals surface area (Å²) in [5.74, 6) is 0. The van der Waals surface area contributed by atoms with E-state index in [-0.39, 0.29) is 0 Å². The summed E-state index contributed by atoms with van der Waals surface area (Å²) in [6, 6.07) is 6.51. The number of hydrogen-bond acceptors (Lipinski definition) is 3. The first-order valence-electron chi connectivity index (χ1n) is 5.39. The number of nitrogens with one attached hydrogen (secondary N) is 1. The molecule has 2 rings (SSSR count). The van der Waals surface area contributed by atoms with Gasteiger partial charge in [0.25, 0.3) is 0 Å². The summed E-state index contributed by atoms with van der Waals surface area (Å²) in [5, 5.41) is 3.34. The summed E-state index contributed by atoms with van der Waals surface area (Å²) in [5.41, 5.74) is 4.89. The van der Waals surface area contributed by atoms with Crippen LogP contribution < -0.4 is 5.32 Å². The van der Waals surface area contributed by atoms with Crippen LogP contribution in [0.2, 0.25) is 0 Å². The summed E-state index contributed by atoms with van der Waals surface area (Å²) in [6.07, 6.45) is 3.11. The van der Waals surface area contributed by atoms with Crippen LogP contribution in [-0.4, -0.2) is 4.98 Å². The van der Waals surface area contributed by atoms with E-state index in [2.05, 4.69) is 42.3 Å². The molecule has 1 heterocycles. The predicted molar refractivity (Wildman–Crippen MR) is 63.0 cm³/mol. The van der Waals surface area contributed by atoms with Crippen LogP contribution in [0, 0.1) is 13.8 Å². The maximum Gasteiger partial charge on any atom is 0.180 e. The van der Waals surface area contributed by atoms with Gasteiger partial charge in [-0.05, 0) is 25.0 Å². The lowest BCUT2D eigenvalue weighted by Crippen LogP contribution is -2.13. The fourth-order valence-corrected chi connectivity index (χ4v) is 1.69. The van der Waals surface area contributed by atoms with Crippen LogP contribution in [0.25, 0.3) is 0 Å². The second-order valence-electron chi connectivity index (χ2n) is 4.01. The van der Waals surface area contributed by atoms with Gasteiger partial charge < -0.3 is 9.73 Å². The Bertz CT molecular complexity index is 449. The smallest absolute Gasteiger partial charge is 0.180 e. The fourth-order valence-electron chi connectivity index (χ4n) is 1.69. The van der Waals surface area contributed by atoms with Gasteiger partial charge in [-0.25, -0.2) is 4.98 Å². The molecule has 0 aliphatic carbocycles. The number of benzene rings is 1. The van der Waals surface area contributed by atoms with E-state index in [4.69, 9.17) is 4.42 Å². The Morgan fingerprint density at radius 2 is 2.12 bits per heavy atom. The molecule has 0 amide bonds. The van der Waals surface area contributed by atoms with E-state index in [9.17, 15) is 0 Å². The van der Waals surface area contributed by atoms with E-state index in [0.29, 0.717) is 0 Å². The van der Waals surface area contributed by atoms with Crippen LogP contribution in [0.5, 0.6) is 0 Å². The summed E-state index contributed by atoms with van der Waals surface area (Å²) in [6.45, 7) is 5.85. The van der Waals surface area contributed by atoms with E-state index in [1.807, 2.05) is 0 Å². The first kappa shape index (κ1) is 10.9. The Morgan fingerprint density at radius 1 is 1.25 bits per heavy atom. The lowest BCUT2D eigenvalue weighted by molar-refractivity contribution is 0.554. The lowest BCUT2D eigenvalue weighted by Gasteiger charge is -2.07. The zero-order valence-corrected chi connectivity index (χ0v) is 9.66. The zero-order chi connectivity index (χ0) is 11.4. The maximum atomic E-state index is 4.91. The third-order valence-corrected chi connectivity index (χ3v) is 2.60. The molecule has 16 heavy (non-hydrogen) atoms. The SMILES string of the molecule is Cc1ccc(CNCc2cocn2)c(C)c1. The van der Waals surface area contributed by atoms with Crippen LogP contribution in [0.4, 0.5) is 0 Å². The maximum absolute atomic E-state index is 4.91. The van der Waals surface area contributed by atoms with Crippen molar-refractivity contribution in [2.45, 2.75) is 26.9 Å². The molecule has 0 spiro atoms. The first-order valence-corrected chi connectivity index (χ1v) is 5.39. The Kier molecular flexibility index (Phi) is 3.37. The predicted octanol–water partition coefficient (Wildman–Crippen LogP) is 2.58. The van der Waals surface area contributed by atoms with Crippen molar-refractivity contribution in [3.05, 3.63) is 53.2 Å². The topological polar surface area (TPSA) is 38.1 Å². The van der Waals surface area contributed by atoms with E-state index >= 15 is 0 Å². The molecule has 0 saturated heterocycles. The van der Waals surface area contributed by atoms with Gasteiger partial charge in [0, 0.05) is 13.1 Å². The van der Waals surface area contributed by atoms with Crippen molar-refractivity contribution >= 4 is 0 Å². The number of hydrogen-bond donors (Lipinski definition) is 1. The summed E-state index contributed by atoms with van der Waals surface area (Å²) in [7, 11) is 0. The minimum atomic E-state index is 0.740. The molecule has 84 valence electrons. The molecule has 3 heteroatoms. The normalized spacial score (nSPS) is 10.6. The van der Waals surface area contributed by atoms with Crippen molar-refractivity contribution in [3.8, 4) is 0 Å². The molecule has 1 aromatic carbocycles. The number of aryl methyl sites for hydroxylation is 2. The molecule has 0 bridgehead atoms. The number of oxazole rings is 1. The molecule has 1 N–H and O–H groups in total. The Balaban J connectivity index is 1.90. The van der Waals surface area contributed by atoms with Crippen molar-refractivity contribution in [1.82, 2.24) is 10.3 Å². The van der Waals surface area contributed by atoms with Crippen LogP contribution in [-0.2, 0) is 13.1 Å². The van der Waals surface area contributed by atoms with Gasteiger partial charge in [0.1, 0.15) is 6.26 Å². The molecular weight excluding hydrogens is 200 g/mol. The van der Waals surface area contributed by atoms with Gasteiger partial charge in [0.2, 0.25) is 0 Å². The van der Waals surface area contributed by atoms with E-state index in [0.717, 1.165) is 18.8 Å². The molecule has 0 aliphatic heterocycles. The van der Waals surface area contributed by atoms with Crippen LogP contribution in [0.1, 0.15) is 22.4 Å². The minimum absolute atomic E-state index is 0.740. The van der Waals surface area contributed by atoms with E-state index in [1.54, 1.807) is 6.26 Å². The van der Waals surface area contributed by atoms with Crippen molar-refractivity contribution in [2.75, 3.05) is 0 Å². The molecule has 2 aromatic rings. The van der Waals surface area contributed by atoms with Gasteiger partial charge in [0.05, 0.1) is 5.69 Å². The van der Waals surface area contributed by atoms with Crippen LogP contribution in [0.15, 0.2) is 35.3 Å². The number of nitrogens with zero attached hydrogens (tertiary/aromatic N) is 1. The molecule has 0 radical (unpaired) electrons. The van der Waals surface area contributed by atoms with Gasteiger partial charge in [-0.15, -0.1) is 0 Å². The highest BCUT2D eigenvalue weighted by Crippen LogP contribution is 2.10.